The van der Waals surface area contributed by atoms with E-state index in [0.29, 0.717) is 6.17 Å². The smallest absolute Gasteiger partial charge is 0.0955 e. The van der Waals surface area contributed by atoms with Gasteiger partial charge in [-0.15, -0.1) is 0 Å². The molecule has 0 atom stereocenters. The molecule has 2 radical (unpaired) electrons. The van der Waals surface area contributed by atoms with Crippen LogP contribution in [-0.4, -0.2) is 0 Å². The summed E-state index contributed by atoms with van der Waals surface area (Å²) in [6.45, 7) is 3.81. The van der Waals surface area contributed by atoms with Gasteiger partial charge in [0.2, 0.25) is 0 Å². The fraction of sp³-hybridized carbons (Fsp3) is 0.800. The van der Waals surface area contributed by atoms with Crippen molar-refractivity contribution in [3.05, 3.63) is 13.1 Å². The van der Waals surface area contributed by atoms with Crippen LogP contribution in [0.25, 0.3) is 0 Å². The second-order valence-electron chi connectivity index (χ2n) is 3.30. The number of unbranched alkanes of at least 4 members (excludes halogenated alkanes) is 6. The molecule has 12 heavy (non-hydrogen) atoms. The summed E-state index contributed by atoms with van der Waals surface area (Å²) in [7, 11) is 0. The highest BCUT2D eigenvalue weighted by Gasteiger charge is 1.95. The van der Waals surface area contributed by atoms with Crippen molar-refractivity contribution in [2.75, 3.05) is 0 Å². The maximum Gasteiger partial charge on any atom is 0.0955 e. The Morgan fingerprint density at radius 1 is 0.833 bits per heavy atom. The molecule has 0 saturated carbocycles. The SMILES string of the molecule is [CH2]CCCCCCCC[C](N)N. The molecule has 2 nitrogen and oxygen atoms in total. The predicted octanol–water partition coefficient (Wildman–Crippen LogP) is 2.35. The molecule has 0 amide bonds. The van der Waals surface area contributed by atoms with E-state index in [-0.39, 0.29) is 0 Å². The van der Waals surface area contributed by atoms with Crippen LogP contribution in [0.3, 0.4) is 0 Å². The van der Waals surface area contributed by atoms with E-state index in [2.05, 4.69) is 6.92 Å². The second-order valence-corrected chi connectivity index (χ2v) is 3.30. The Hall–Kier alpha value is -0.0800. The van der Waals surface area contributed by atoms with Crippen molar-refractivity contribution in [3.63, 3.8) is 0 Å². The van der Waals surface area contributed by atoms with E-state index in [1.165, 1.54) is 32.1 Å². The van der Waals surface area contributed by atoms with Gasteiger partial charge in [-0.2, -0.15) is 0 Å². The molecule has 0 aromatic heterocycles. The highest BCUT2D eigenvalue weighted by Crippen LogP contribution is 2.09. The molecule has 0 bridgehead atoms. The average Bonchev–Trinajstić information content (AvgIpc) is 2.02. The summed E-state index contributed by atoms with van der Waals surface area (Å²) in [5, 5.41) is 0. The van der Waals surface area contributed by atoms with Crippen LogP contribution >= 0.6 is 0 Å². The molecule has 0 unspecified atom stereocenters. The van der Waals surface area contributed by atoms with Gasteiger partial charge in [-0.1, -0.05) is 51.9 Å². The van der Waals surface area contributed by atoms with Crippen molar-refractivity contribution in [3.8, 4) is 0 Å². The largest absolute Gasteiger partial charge is 0.311 e. The first kappa shape index (κ1) is 11.9. The molecule has 0 heterocycles. The zero-order valence-corrected chi connectivity index (χ0v) is 8.02. The summed E-state index contributed by atoms with van der Waals surface area (Å²) in [5.41, 5.74) is 10.7. The third kappa shape index (κ3) is 9.92. The van der Waals surface area contributed by atoms with Gasteiger partial charge >= 0.3 is 0 Å². The zero-order valence-electron chi connectivity index (χ0n) is 8.02. The molecule has 0 aromatic rings. The molecule has 0 aliphatic heterocycles. The van der Waals surface area contributed by atoms with Gasteiger partial charge in [-0.3, -0.25) is 0 Å². The molecule has 0 rings (SSSR count). The van der Waals surface area contributed by atoms with Crippen molar-refractivity contribution in [2.24, 2.45) is 11.5 Å². The van der Waals surface area contributed by atoms with E-state index in [1.54, 1.807) is 0 Å². The fourth-order valence-electron chi connectivity index (χ4n) is 1.21. The average molecular weight is 170 g/mol. The van der Waals surface area contributed by atoms with Crippen LogP contribution < -0.4 is 11.5 Å². The summed E-state index contributed by atoms with van der Waals surface area (Å²) in [6, 6.07) is 0. The fourth-order valence-corrected chi connectivity index (χ4v) is 1.21. The first-order valence-corrected chi connectivity index (χ1v) is 4.93. The van der Waals surface area contributed by atoms with E-state index in [0.717, 1.165) is 19.3 Å². The van der Waals surface area contributed by atoms with Gasteiger partial charge in [0.05, 0.1) is 6.17 Å². The molecule has 0 aliphatic rings. The molecular formula is C10H22N2. The first-order chi connectivity index (χ1) is 5.77. The van der Waals surface area contributed by atoms with Crippen LogP contribution in [0.5, 0.6) is 0 Å². The van der Waals surface area contributed by atoms with Gasteiger partial charge in [0.25, 0.3) is 0 Å². The minimum atomic E-state index is 0.577. The number of hydrogen-bond acceptors (Lipinski definition) is 2. The van der Waals surface area contributed by atoms with Crippen LogP contribution in [0.4, 0.5) is 0 Å². The van der Waals surface area contributed by atoms with E-state index in [1.807, 2.05) is 0 Å². The van der Waals surface area contributed by atoms with E-state index >= 15 is 0 Å². The van der Waals surface area contributed by atoms with Crippen molar-refractivity contribution in [2.45, 2.75) is 51.4 Å². The lowest BCUT2D eigenvalue weighted by atomic mass is 10.1. The van der Waals surface area contributed by atoms with Gasteiger partial charge < -0.3 is 11.5 Å². The standard InChI is InChI=1S/C10H22N2/c1-2-3-4-5-6-7-8-9-10(11)12/h1-9,11-12H2. The van der Waals surface area contributed by atoms with Crippen LogP contribution in [0.15, 0.2) is 0 Å². The van der Waals surface area contributed by atoms with E-state index < -0.39 is 0 Å². The maximum absolute atomic E-state index is 5.34. The van der Waals surface area contributed by atoms with Gasteiger partial charge in [-0.05, 0) is 6.42 Å². The number of hydrogen-bond donors (Lipinski definition) is 2. The summed E-state index contributed by atoms with van der Waals surface area (Å²) in [4.78, 5) is 0. The van der Waals surface area contributed by atoms with E-state index in [9.17, 15) is 0 Å². The van der Waals surface area contributed by atoms with Crippen LogP contribution in [0.1, 0.15) is 51.4 Å². The zero-order chi connectivity index (χ0) is 9.23. The Kier molecular flexibility index (Phi) is 8.95. The van der Waals surface area contributed by atoms with E-state index in [4.69, 9.17) is 11.5 Å². The third-order valence-electron chi connectivity index (χ3n) is 1.97. The summed E-state index contributed by atoms with van der Waals surface area (Å²) in [6.07, 6.45) is 10.2. The van der Waals surface area contributed by atoms with Crippen LogP contribution in [-0.2, 0) is 0 Å². The minimum Gasteiger partial charge on any atom is -0.311 e. The van der Waals surface area contributed by atoms with Gasteiger partial charge in [0.15, 0.2) is 0 Å². The normalized spacial score (nSPS) is 11.0. The Morgan fingerprint density at radius 3 is 1.83 bits per heavy atom. The van der Waals surface area contributed by atoms with Gasteiger partial charge in [-0.25, -0.2) is 0 Å². The lowest BCUT2D eigenvalue weighted by molar-refractivity contribution is 0.580. The van der Waals surface area contributed by atoms with Crippen molar-refractivity contribution >= 4 is 0 Å². The minimum absolute atomic E-state index is 0.577. The number of rotatable bonds is 8. The van der Waals surface area contributed by atoms with Crippen LogP contribution in [0.2, 0.25) is 0 Å². The predicted molar refractivity (Wildman–Crippen MR) is 53.9 cm³/mol. The highest BCUT2D eigenvalue weighted by atomic mass is 14.8. The molecule has 2 heteroatoms. The molecule has 0 fully saturated rings. The Labute approximate surface area is 76.7 Å². The molecule has 0 spiro atoms. The van der Waals surface area contributed by atoms with Crippen molar-refractivity contribution in [1.29, 1.82) is 0 Å². The van der Waals surface area contributed by atoms with Gasteiger partial charge in [0, 0.05) is 0 Å². The molecule has 72 valence electrons. The van der Waals surface area contributed by atoms with Crippen molar-refractivity contribution < 1.29 is 0 Å². The molecular weight excluding hydrogens is 148 g/mol. The molecule has 0 aromatic carbocycles. The maximum atomic E-state index is 5.34. The monoisotopic (exact) mass is 170 g/mol. The van der Waals surface area contributed by atoms with Crippen LogP contribution in [0, 0.1) is 13.1 Å². The summed E-state index contributed by atoms with van der Waals surface area (Å²) >= 11 is 0. The summed E-state index contributed by atoms with van der Waals surface area (Å²) < 4.78 is 0. The molecule has 4 N–H and O–H groups in total. The highest BCUT2D eigenvalue weighted by molar-refractivity contribution is 4.71. The first-order valence-electron chi connectivity index (χ1n) is 4.93. The number of nitrogens with two attached hydrogens (primary N) is 2. The topological polar surface area (TPSA) is 52.0 Å². The quantitative estimate of drug-likeness (QED) is 0.549. The third-order valence-corrected chi connectivity index (χ3v) is 1.97. The molecule has 0 aliphatic carbocycles. The van der Waals surface area contributed by atoms with Gasteiger partial charge in [0.1, 0.15) is 0 Å². The Morgan fingerprint density at radius 2 is 1.33 bits per heavy atom. The summed E-state index contributed by atoms with van der Waals surface area (Å²) in [5.74, 6) is 0. The van der Waals surface area contributed by atoms with Crippen molar-refractivity contribution in [1.82, 2.24) is 0 Å². The lowest BCUT2D eigenvalue weighted by Crippen LogP contribution is -2.19. The Balaban J connectivity index is 2.82. The Bertz CT molecular complexity index is 81.9. The molecule has 0 saturated heterocycles. The second kappa shape index (κ2) is 9.01. The lowest BCUT2D eigenvalue weighted by Gasteiger charge is -2.03.